The van der Waals surface area contributed by atoms with Gasteiger partial charge in [-0.25, -0.2) is 0 Å². The maximum Gasteiger partial charge on any atom is 0.499 e. The van der Waals surface area contributed by atoms with Gasteiger partial charge in [0.25, 0.3) is 0 Å². The van der Waals surface area contributed by atoms with Crippen LogP contribution in [0.3, 0.4) is 0 Å². The number of hydrogen-bond donors (Lipinski definition) is 0. The summed E-state index contributed by atoms with van der Waals surface area (Å²) in [5.74, 6) is 0. The van der Waals surface area contributed by atoms with Gasteiger partial charge < -0.3 is 9.31 Å². The van der Waals surface area contributed by atoms with Gasteiger partial charge in [-0.1, -0.05) is 0 Å². The molecule has 0 radical (unpaired) electrons. The van der Waals surface area contributed by atoms with Gasteiger partial charge in [0.15, 0.2) is 0 Å². The lowest BCUT2D eigenvalue weighted by atomic mass is 9.77. The van der Waals surface area contributed by atoms with E-state index in [1.54, 1.807) is 11.7 Å². The third-order valence-corrected chi connectivity index (χ3v) is 3.86. The van der Waals surface area contributed by atoms with Crippen LogP contribution in [0.5, 0.6) is 0 Å². The first-order chi connectivity index (χ1) is 8.19. The SMILES string of the molecule is Cc1nn(C)c(C#N)c1B1OC(C)(C)C(C)(C)O1. The molecule has 2 heterocycles. The second kappa shape index (κ2) is 3.84. The van der Waals surface area contributed by atoms with Crippen molar-refractivity contribution in [3.8, 4) is 6.07 Å². The van der Waals surface area contributed by atoms with Gasteiger partial charge >= 0.3 is 7.12 Å². The molecule has 1 saturated heterocycles. The molecule has 0 saturated carbocycles. The highest BCUT2D eigenvalue weighted by Gasteiger charge is 2.53. The number of rotatable bonds is 1. The molecule has 5 nitrogen and oxygen atoms in total. The fourth-order valence-corrected chi connectivity index (χ4v) is 2.05. The monoisotopic (exact) mass is 247 g/mol. The predicted molar refractivity (Wildman–Crippen MR) is 68.4 cm³/mol. The molecule has 1 aromatic heterocycles. The van der Waals surface area contributed by atoms with Gasteiger partial charge in [0, 0.05) is 12.5 Å². The third kappa shape index (κ3) is 1.75. The van der Waals surface area contributed by atoms with Gasteiger partial charge in [0.2, 0.25) is 0 Å². The molecule has 0 bridgehead atoms. The molecular weight excluding hydrogens is 229 g/mol. The summed E-state index contributed by atoms with van der Waals surface area (Å²) in [6.07, 6.45) is 0. The standard InChI is InChI=1S/C12H18BN3O2/c1-8-10(9(7-14)16(6)15-8)13-17-11(2,3)12(4,5)18-13/h1-6H3. The van der Waals surface area contributed by atoms with E-state index in [0.717, 1.165) is 11.2 Å². The fourth-order valence-electron chi connectivity index (χ4n) is 2.05. The molecule has 0 spiro atoms. The minimum Gasteiger partial charge on any atom is -0.399 e. The summed E-state index contributed by atoms with van der Waals surface area (Å²) in [5, 5.41) is 13.5. The molecule has 1 aliphatic heterocycles. The summed E-state index contributed by atoms with van der Waals surface area (Å²) < 4.78 is 13.5. The topological polar surface area (TPSA) is 60.1 Å². The van der Waals surface area contributed by atoms with Crippen molar-refractivity contribution < 1.29 is 9.31 Å². The summed E-state index contributed by atoms with van der Waals surface area (Å²) in [7, 11) is 1.22. The largest absolute Gasteiger partial charge is 0.499 e. The Morgan fingerprint density at radius 1 is 1.22 bits per heavy atom. The minimum atomic E-state index is -0.529. The smallest absolute Gasteiger partial charge is 0.399 e. The van der Waals surface area contributed by atoms with E-state index in [-0.39, 0.29) is 0 Å². The van der Waals surface area contributed by atoms with Crippen LogP contribution < -0.4 is 5.46 Å². The zero-order valence-corrected chi connectivity index (χ0v) is 11.7. The maximum atomic E-state index is 9.21. The van der Waals surface area contributed by atoms with Crippen molar-refractivity contribution in [3.63, 3.8) is 0 Å². The van der Waals surface area contributed by atoms with Crippen LogP contribution in [0.4, 0.5) is 0 Å². The molecule has 1 aliphatic rings. The Morgan fingerprint density at radius 2 is 1.72 bits per heavy atom. The quantitative estimate of drug-likeness (QED) is 0.692. The van der Waals surface area contributed by atoms with E-state index < -0.39 is 18.3 Å². The van der Waals surface area contributed by atoms with E-state index in [2.05, 4.69) is 11.2 Å². The lowest BCUT2D eigenvalue weighted by Crippen LogP contribution is -2.41. The highest BCUT2D eigenvalue weighted by atomic mass is 16.7. The highest BCUT2D eigenvalue weighted by Crippen LogP contribution is 2.36. The van der Waals surface area contributed by atoms with Crippen LogP contribution in [0.2, 0.25) is 0 Å². The van der Waals surface area contributed by atoms with Crippen LogP contribution in [0.15, 0.2) is 0 Å². The number of nitriles is 1. The van der Waals surface area contributed by atoms with Crippen LogP contribution in [0.1, 0.15) is 39.1 Å². The maximum absolute atomic E-state index is 9.21. The summed E-state index contributed by atoms with van der Waals surface area (Å²) in [6, 6.07) is 2.16. The average Bonchev–Trinajstić information content (AvgIpc) is 2.60. The summed E-state index contributed by atoms with van der Waals surface area (Å²) in [4.78, 5) is 0. The van der Waals surface area contributed by atoms with Crippen molar-refractivity contribution in [2.75, 3.05) is 0 Å². The van der Waals surface area contributed by atoms with Gasteiger partial charge in [0.05, 0.1) is 16.9 Å². The molecule has 0 atom stereocenters. The van der Waals surface area contributed by atoms with Crippen molar-refractivity contribution in [2.24, 2.45) is 7.05 Å². The molecule has 0 amide bonds. The Morgan fingerprint density at radius 3 is 2.17 bits per heavy atom. The molecule has 1 aromatic rings. The Kier molecular flexibility index (Phi) is 2.80. The van der Waals surface area contributed by atoms with E-state index in [0.29, 0.717) is 5.69 Å². The van der Waals surface area contributed by atoms with E-state index in [1.807, 2.05) is 34.6 Å². The number of aromatic nitrogens is 2. The van der Waals surface area contributed by atoms with Gasteiger partial charge in [-0.3, -0.25) is 4.68 Å². The Labute approximate surface area is 108 Å². The van der Waals surface area contributed by atoms with E-state index in [4.69, 9.17) is 9.31 Å². The normalized spacial score (nSPS) is 21.1. The zero-order chi connectivity index (χ0) is 13.7. The van der Waals surface area contributed by atoms with E-state index >= 15 is 0 Å². The second-order valence-electron chi connectivity index (χ2n) is 5.67. The Balaban J connectivity index is 2.45. The molecule has 18 heavy (non-hydrogen) atoms. The number of aryl methyl sites for hydroxylation is 2. The van der Waals surface area contributed by atoms with E-state index in [9.17, 15) is 5.26 Å². The molecule has 6 heteroatoms. The van der Waals surface area contributed by atoms with Crippen LogP contribution >= 0.6 is 0 Å². The lowest BCUT2D eigenvalue weighted by molar-refractivity contribution is 0.00578. The predicted octanol–water partition coefficient (Wildman–Crippen LogP) is 0.899. The first-order valence-corrected chi connectivity index (χ1v) is 5.99. The van der Waals surface area contributed by atoms with Crippen LogP contribution in [0, 0.1) is 18.3 Å². The van der Waals surface area contributed by atoms with Crippen LogP contribution in [-0.2, 0) is 16.4 Å². The molecule has 0 unspecified atom stereocenters. The molecule has 0 N–H and O–H groups in total. The van der Waals surface area contributed by atoms with Crippen molar-refractivity contribution in [1.82, 2.24) is 9.78 Å². The Hall–Kier alpha value is -1.32. The first-order valence-electron chi connectivity index (χ1n) is 5.99. The highest BCUT2D eigenvalue weighted by molar-refractivity contribution is 6.63. The molecule has 2 rings (SSSR count). The molecule has 1 fully saturated rings. The molecular formula is C12H18BN3O2. The van der Waals surface area contributed by atoms with Gasteiger partial charge in [-0.05, 0) is 34.6 Å². The Bertz CT molecular complexity index is 512. The van der Waals surface area contributed by atoms with E-state index in [1.165, 1.54) is 0 Å². The van der Waals surface area contributed by atoms with Crippen molar-refractivity contribution in [1.29, 1.82) is 5.26 Å². The second-order valence-corrected chi connectivity index (χ2v) is 5.67. The van der Waals surface area contributed by atoms with Gasteiger partial charge in [-0.2, -0.15) is 10.4 Å². The minimum absolute atomic E-state index is 0.410. The third-order valence-electron chi connectivity index (χ3n) is 3.86. The average molecular weight is 247 g/mol. The van der Waals surface area contributed by atoms with Gasteiger partial charge in [-0.15, -0.1) is 0 Å². The van der Waals surface area contributed by atoms with Crippen LogP contribution in [-0.4, -0.2) is 28.1 Å². The molecule has 0 aliphatic carbocycles. The van der Waals surface area contributed by atoms with Crippen molar-refractivity contribution in [2.45, 2.75) is 45.8 Å². The number of hydrogen-bond acceptors (Lipinski definition) is 4. The summed E-state index contributed by atoms with van der Waals surface area (Å²) in [6.45, 7) is 9.83. The lowest BCUT2D eigenvalue weighted by Gasteiger charge is -2.32. The van der Waals surface area contributed by atoms with Crippen molar-refractivity contribution in [3.05, 3.63) is 11.4 Å². The summed E-state index contributed by atoms with van der Waals surface area (Å²) in [5.41, 5.74) is 1.18. The number of nitrogens with zero attached hydrogens (tertiary/aromatic N) is 3. The fraction of sp³-hybridized carbons (Fsp3) is 0.667. The zero-order valence-electron chi connectivity index (χ0n) is 11.7. The van der Waals surface area contributed by atoms with Crippen LogP contribution in [0.25, 0.3) is 0 Å². The van der Waals surface area contributed by atoms with Crippen molar-refractivity contribution >= 4 is 12.6 Å². The molecule has 96 valence electrons. The summed E-state index contributed by atoms with van der Waals surface area (Å²) >= 11 is 0. The molecule has 0 aromatic carbocycles. The first kappa shape index (κ1) is 13.1. The van der Waals surface area contributed by atoms with Gasteiger partial charge in [0.1, 0.15) is 11.8 Å².